The summed E-state index contributed by atoms with van der Waals surface area (Å²) in [6.07, 6.45) is 0. The Kier molecular flexibility index (Phi) is 2.46. The quantitative estimate of drug-likeness (QED) is 0.421. The molecule has 4 rings (SSSR count). The molecule has 0 spiro atoms. The maximum atomic E-state index is 9.70. The molecule has 0 atom stereocenters. The summed E-state index contributed by atoms with van der Waals surface area (Å²) in [7, 11) is 0. The summed E-state index contributed by atoms with van der Waals surface area (Å²) in [6, 6.07) is 18.5. The molecule has 1 N–H and O–H groups in total. The predicted octanol–water partition coefficient (Wildman–Crippen LogP) is 5.47. The van der Waals surface area contributed by atoms with Gasteiger partial charge < -0.3 is 5.11 Å². The SMILES string of the molecule is Cc1c(C)c2c3ccc(O)cc3ccc2c2ccccc12. The summed E-state index contributed by atoms with van der Waals surface area (Å²) < 4.78 is 0. The van der Waals surface area contributed by atoms with Gasteiger partial charge in [0, 0.05) is 0 Å². The molecular weight excluding hydrogens is 256 g/mol. The molecule has 0 aliphatic heterocycles. The van der Waals surface area contributed by atoms with Crippen molar-refractivity contribution < 1.29 is 5.11 Å². The lowest BCUT2D eigenvalue weighted by atomic mass is 9.90. The summed E-state index contributed by atoms with van der Waals surface area (Å²) in [5.41, 5.74) is 2.65. The van der Waals surface area contributed by atoms with Crippen molar-refractivity contribution in [1.29, 1.82) is 0 Å². The highest BCUT2D eigenvalue weighted by atomic mass is 16.3. The fourth-order valence-corrected chi connectivity index (χ4v) is 3.38. The van der Waals surface area contributed by atoms with E-state index in [0.717, 1.165) is 5.39 Å². The highest BCUT2D eigenvalue weighted by molar-refractivity contribution is 6.19. The Balaban J connectivity index is 2.35. The van der Waals surface area contributed by atoms with Crippen LogP contribution in [0, 0.1) is 13.8 Å². The van der Waals surface area contributed by atoms with E-state index in [4.69, 9.17) is 0 Å². The Morgan fingerprint density at radius 1 is 0.667 bits per heavy atom. The highest BCUT2D eigenvalue weighted by Crippen LogP contribution is 2.37. The minimum atomic E-state index is 0.317. The molecule has 0 aliphatic rings. The van der Waals surface area contributed by atoms with E-state index in [1.165, 1.54) is 38.1 Å². The van der Waals surface area contributed by atoms with Crippen LogP contribution in [0.2, 0.25) is 0 Å². The monoisotopic (exact) mass is 272 g/mol. The predicted molar refractivity (Wildman–Crippen MR) is 90.1 cm³/mol. The van der Waals surface area contributed by atoms with E-state index in [2.05, 4.69) is 50.2 Å². The van der Waals surface area contributed by atoms with E-state index in [1.807, 2.05) is 12.1 Å². The van der Waals surface area contributed by atoms with Crippen LogP contribution in [0.15, 0.2) is 54.6 Å². The Hall–Kier alpha value is -2.54. The molecule has 0 amide bonds. The van der Waals surface area contributed by atoms with E-state index in [9.17, 15) is 5.11 Å². The number of benzene rings is 4. The first-order valence-electron chi connectivity index (χ1n) is 7.20. The zero-order valence-corrected chi connectivity index (χ0v) is 12.1. The number of aromatic hydroxyl groups is 1. The lowest BCUT2D eigenvalue weighted by Gasteiger charge is -2.14. The lowest BCUT2D eigenvalue weighted by Crippen LogP contribution is -1.89. The number of fused-ring (bicyclic) bond motifs is 5. The molecule has 0 fully saturated rings. The number of rotatable bonds is 0. The Labute approximate surface area is 123 Å². The van der Waals surface area contributed by atoms with Crippen LogP contribution in [0.25, 0.3) is 32.3 Å². The molecule has 1 heteroatoms. The van der Waals surface area contributed by atoms with Crippen molar-refractivity contribution in [3.05, 3.63) is 65.7 Å². The van der Waals surface area contributed by atoms with E-state index >= 15 is 0 Å². The molecule has 0 aromatic heterocycles. The molecule has 0 heterocycles. The maximum absolute atomic E-state index is 9.70. The van der Waals surface area contributed by atoms with Crippen LogP contribution in [0.1, 0.15) is 11.1 Å². The van der Waals surface area contributed by atoms with Gasteiger partial charge in [0.25, 0.3) is 0 Å². The van der Waals surface area contributed by atoms with Crippen LogP contribution in [0.5, 0.6) is 5.75 Å². The molecule has 1 nitrogen and oxygen atoms in total. The minimum Gasteiger partial charge on any atom is -0.508 e. The van der Waals surface area contributed by atoms with E-state index < -0.39 is 0 Å². The van der Waals surface area contributed by atoms with Gasteiger partial charge in [0.15, 0.2) is 0 Å². The summed E-state index contributed by atoms with van der Waals surface area (Å²) in [4.78, 5) is 0. The number of phenolic OH excluding ortho intramolecular Hbond substituents is 1. The van der Waals surface area contributed by atoms with Gasteiger partial charge in [-0.3, -0.25) is 0 Å². The van der Waals surface area contributed by atoms with E-state index in [-0.39, 0.29) is 0 Å². The van der Waals surface area contributed by atoms with Gasteiger partial charge in [-0.05, 0) is 69.4 Å². The second-order valence-corrected chi connectivity index (χ2v) is 5.69. The summed E-state index contributed by atoms with van der Waals surface area (Å²) >= 11 is 0. The van der Waals surface area contributed by atoms with Crippen molar-refractivity contribution in [3.8, 4) is 5.75 Å². The van der Waals surface area contributed by atoms with Gasteiger partial charge in [0.1, 0.15) is 5.75 Å². The molecule has 0 saturated carbocycles. The number of hydrogen-bond donors (Lipinski definition) is 1. The molecule has 0 saturated heterocycles. The summed E-state index contributed by atoms with van der Waals surface area (Å²) in [5.74, 6) is 0.317. The van der Waals surface area contributed by atoms with Gasteiger partial charge in [-0.15, -0.1) is 0 Å². The van der Waals surface area contributed by atoms with Gasteiger partial charge in [-0.1, -0.05) is 42.5 Å². The molecule has 0 aliphatic carbocycles. The van der Waals surface area contributed by atoms with Crippen molar-refractivity contribution in [3.63, 3.8) is 0 Å². The van der Waals surface area contributed by atoms with Gasteiger partial charge in [0.05, 0.1) is 0 Å². The second kappa shape index (κ2) is 4.23. The topological polar surface area (TPSA) is 20.2 Å². The van der Waals surface area contributed by atoms with Crippen LogP contribution in [0.3, 0.4) is 0 Å². The first kappa shape index (κ1) is 12.2. The van der Waals surface area contributed by atoms with Gasteiger partial charge >= 0.3 is 0 Å². The van der Waals surface area contributed by atoms with Crippen molar-refractivity contribution in [2.75, 3.05) is 0 Å². The number of hydrogen-bond acceptors (Lipinski definition) is 1. The molecule has 4 aromatic rings. The van der Waals surface area contributed by atoms with Crippen LogP contribution < -0.4 is 0 Å². The van der Waals surface area contributed by atoms with Crippen molar-refractivity contribution in [2.45, 2.75) is 13.8 Å². The molecule has 0 radical (unpaired) electrons. The Morgan fingerprint density at radius 3 is 2.19 bits per heavy atom. The average Bonchev–Trinajstić information content (AvgIpc) is 2.51. The van der Waals surface area contributed by atoms with Gasteiger partial charge in [-0.2, -0.15) is 0 Å². The standard InChI is InChI=1S/C20H16O/c1-12-13(2)20-17-10-8-15(21)11-14(17)7-9-19(20)18-6-4-3-5-16(12)18/h3-11,21H,1-2H3. The average molecular weight is 272 g/mol. The third-order valence-electron chi connectivity index (χ3n) is 4.56. The first-order valence-corrected chi connectivity index (χ1v) is 7.20. The molecule has 102 valence electrons. The normalized spacial score (nSPS) is 11.5. The highest BCUT2D eigenvalue weighted by Gasteiger charge is 2.11. The van der Waals surface area contributed by atoms with E-state index in [0.29, 0.717) is 5.75 Å². The summed E-state index contributed by atoms with van der Waals surface area (Å²) in [6.45, 7) is 4.38. The minimum absolute atomic E-state index is 0.317. The number of phenols is 1. The molecular formula is C20H16O. The maximum Gasteiger partial charge on any atom is 0.116 e. The largest absolute Gasteiger partial charge is 0.508 e. The molecule has 0 unspecified atom stereocenters. The third-order valence-corrected chi connectivity index (χ3v) is 4.56. The summed E-state index contributed by atoms with van der Waals surface area (Å²) in [5, 5.41) is 17.2. The molecule has 4 aromatic carbocycles. The second-order valence-electron chi connectivity index (χ2n) is 5.69. The van der Waals surface area contributed by atoms with Crippen LogP contribution >= 0.6 is 0 Å². The fourth-order valence-electron chi connectivity index (χ4n) is 3.38. The zero-order valence-electron chi connectivity index (χ0n) is 12.1. The van der Waals surface area contributed by atoms with Crippen molar-refractivity contribution in [2.24, 2.45) is 0 Å². The zero-order chi connectivity index (χ0) is 14.6. The van der Waals surface area contributed by atoms with Crippen molar-refractivity contribution >= 4 is 32.3 Å². The van der Waals surface area contributed by atoms with Crippen molar-refractivity contribution in [1.82, 2.24) is 0 Å². The smallest absolute Gasteiger partial charge is 0.116 e. The van der Waals surface area contributed by atoms with Crippen LogP contribution in [-0.2, 0) is 0 Å². The van der Waals surface area contributed by atoms with Gasteiger partial charge in [0.2, 0.25) is 0 Å². The van der Waals surface area contributed by atoms with Crippen LogP contribution in [0.4, 0.5) is 0 Å². The van der Waals surface area contributed by atoms with Crippen LogP contribution in [-0.4, -0.2) is 5.11 Å². The number of aryl methyl sites for hydroxylation is 2. The Morgan fingerprint density at radius 2 is 1.38 bits per heavy atom. The Bertz CT molecular complexity index is 1010. The molecule has 0 bridgehead atoms. The fraction of sp³-hybridized carbons (Fsp3) is 0.100. The molecule has 21 heavy (non-hydrogen) atoms. The van der Waals surface area contributed by atoms with Gasteiger partial charge in [-0.25, -0.2) is 0 Å². The third kappa shape index (κ3) is 1.64. The lowest BCUT2D eigenvalue weighted by molar-refractivity contribution is 0.476. The van der Waals surface area contributed by atoms with E-state index in [1.54, 1.807) is 6.07 Å². The first-order chi connectivity index (χ1) is 10.2.